The Bertz CT molecular complexity index is 360. The summed E-state index contributed by atoms with van der Waals surface area (Å²) < 4.78 is 1.37. The fourth-order valence-electron chi connectivity index (χ4n) is 1.27. The molecule has 1 heteroatoms. The lowest BCUT2D eigenvalue weighted by Gasteiger charge is -1.96. The van der Waals surface area contributed by atoms with Gasteiger partial charge in [0.15, 0.2) is 0 Å². The number of rotatable bonds is 1. The topological polar surface area (TPSA) is 0 Å². The summed E-state index contributed by atoms with van der Waals surface area (Å²) in [6, 6.07) is 8.56. The van der Waals surface area contributed by atoms with E-state index in [9.17, 15) is 0 Å². The summed E-state index contributed by atoms with van der Waals surface area (Å²) in [5.74, 6) is 0. The maximum absolute atomic E-state index is 3.89. The Morgan fingerprint density at radius 1 is 1.27 bits per heavy atom. The second kappa shape index (κ2) is 2.67. The van der Waals surface area contributed by atoms with Crippen LogP contribution in [0, 0.1) is 6.92 Å². The maximum atomic E-state index is 3.89. The van der Waals surface area contributed by atoms with Gasteiger partial charge in [0, 0.05) is 4.70 Å². The van der Waals surface area contributed by atoms with Gasteiger partial charge in [0.2, 0.25) is 0 Å². The van der Waals surface area contributed by atoms with Gasteiger partial charge >= 0.3 is 0 Å². The van der Waals surface area contributed by atoms with Crippen molar-refractivity contribution in [3.8, 4) is 0 Å². The van der Waals surface area contributed by atoms with E-state index in [1.54, 1.807) is 11.3 Å². The van der Waals surface area contributed by atoms with Crippen molar-refractivity contribution in [2.75, 3.05) is 0 Å². The van der Waals surface area contributed by atoms with Crippen LogP contribution in [0.4, 0.5) is 0 Å². The molecular formula is C10H9S. The Hall–Kier alpha value is -0.820. The molecule has 1 aromatic heterocycles. The fraction of sp³-hybridized carbons (Fsp3) is 0.100. The largest absolute Gasteiger partial charge is 0.144 e. The van der Waals surface area contributed by atoms with Crippen molar-refractivity contribution in [2.24, 2.45) is 0 Å². The Labute approximate surface area is 70.5 Å². The van der Waals surface area contributed by atoms with Gasteiger partial charge in [-0.25, -0.2) is 0 Å². The fourth-order valence-corrected chi connectivity index (χ4v) is 2.11. The van der Waals surface area contributed by atoms with Crippen molar-refractivity contribution in [1.82, 2.24) is 0 Å². The highest BCUT2D eigenvalue weighted by molar-refractivity contribution is 7.17. The molecule has 0 fully saturated rings. The highest BCUT2D eigenvalue weighted by Crippen LogP contribution is 2.23. The summed E-state index contributed by atoms with van der Waals surface area (Å²) in [7, 11) is 0. The number of hydrogen-bond acceptors (Lipinski definition) is 1. The number of benzene rings is 1. The zero-order valence-electron chi connectivity index (χ0n) is 6.21. The number of fused-ring (bicyclic) bond motifs is 1. The zero-order chi connectivity index (χ0) is 7.68. The molecule has 1 heterocycles. The molecule has 0 N–H and O–H groups in total. The van der Waals surface area contributed by atoms with Gasteiger partial charge < -0.3 is 0 Å². The Morgan fingerprint density at radius 2 is 2.18 bits per heavy atom. The monoisotopic (exact) mass is 161 g/mol. The highest BCUT2D eigenvalue weighted by atomic mass is 32.1. The van der Waals surface area contributed by atoms with Crippen LogP contribution in [0.2, 0.25) is 0 Å². The minimum absolute atomic E-state index is 0.883. The predicted octanol–water partition coefficient (Wildman–Crippen LogP) is 3.28. The third kappa shape index (κ3) is 1.05. The van der Waals surface area contributed by atoms with E-state index < -0.39 is 0 Å². The second-order valence-corrected chi connectivity index (χ2v) is 3.45. The smallest absolute Gasteiger partial charge is 0.0345 e. The molecule has 2 aromatic rings. The molecule has 11 heavy (non-hydrogen) atoms. The van der Waals surface area contributed by atoms with Crippen LogP contribution < -0.4 is 0 Å². The summed E-state index contributed by atoms with van der Waals surface area (Å²) in [6.45, 7) is 3.89. The van der Waals surface area contributed by atoms with Crippen LogP contribution in [0.5, 0.6) is 0 Å². The molecule has 0 aliphatic rings. The Balaban J connectivity index is 2.79. The van der Waals surface area contributed by atoms with Gasteiger partial charge in [-0.3, -0.25) is 0 Å². The molecule has 0 aliphatic heterocycles. The first-order chi connectivity index (χ1) is 5.42. The lowest BCUT2D eigenvalue weighted by Crippen LogP contribution is -1.78. The van der Waals surface area contributed by atoms with Crippen LogP contribution in [-0.2, 0) is 6.42 Å². The van der Waals surface area contributed by atoms with Crippen LogP contribution >= 0.6 is 11.3 Å². The molecule has 0 saturated carbocycles. The van der Waals surface area contributed by atoms with E-state index in [1.807, 2.05) is 0 Å². The quantitative estimate of drug-likeness (QED) is 0.602. The summed E-state index contributed by atoms with van der Waals surface area (Å²) in [6.07, 6.45) is 0.883. The summed E-state index contributed by atoms with van der Waals surface area (Å²) in [5.41, 5.74) is 1.35. The average molecular weight is 161 g/mol. The SMILES string of the molecule is [CH2]Cc1cccc2sccc12. The molecule has 0 saturated heterocycles. The molecular weight excluding hydrogens is 152 g/mol. The maximum Gasteiger partial charge on any atom is 0.0345 e. The molecule has 0 nitrogen and oxygen atoms in total. The molecule has 0 bridgehead atoms. The first kappa shape index (κ1) is 6.86. The van der Waals surface area contributed by atoms with E-state index in [4.69, 9.17) is 0 Å². The van der Waals surface area contributed by atoms with Crippen LogP contribution in [0.25, 0.3) is 10.1 Å². The molecule has 0 spiro atoms. The van der Waals surface area contributed by atoms with Gasteiger partial charge in [0.1, 0.15) is 0 Å². The summed E-state index contributed by atoms with van der Waals surface area (Å²) in [4.78, 5) is 0. The van der Waals surface area contributed by atoms with Gasteiger partial charge in [0.25, 0.3) is 0 Å². The van der Waals surface area contributed by atoms with Crippen LogP contribution in [0.3, 0.4) is 0 Å². The number of hydrogen-bond donors (Lipinski definition) is 0. The predicted molar refractivity (Wildman–Crippen MR) is 50.9 cm³/mol. The minimum atomic E-state index is 0.883. The second-order valence-electron chi connectivity index (χ2n) is 2.50. The van der Waals surface area contributed by atoms with Gasteiger partial charge in [-0.15, -0.1) is 11.3 Å². The molecule has 0 unspecified atom stereocenters. The minimum Gasteiger partial charge on any atom is -0.144 e. The van der Waals surface area contributed by atoms with Crippen molar-refractivity contribution < 1.29 is 0 Å². The molecule has 55 valence electrons. The molecule has 1 radical (unpaired) electrons. The molecule has 2 rings (SSSR count). The van der Waals surface area contributed by atoms with Crippen molar-refractivity contribution in [2.45, 2.75) is 6.42 Å². The van der Waals surface area contributed by atoms with E-state index in [-0.39, 0.29) is 0 Å². The Morgan fingerprint density at radius 3 is 3.00 bits per heavy atom. The average Bonchev–Trinajstić information content (AvgIpc) is 2.50. The summed E-state index contributed by atoms with van der Waals surface area (Å²) in [5, 5.41) is 3.50. The molecule has 0 amide bonds. The molecule has 1 aromatic carbocycles. The lowest BCUT2D eigenvalue weighted by molar-refractivity contribution is 1.31. The first-order valence-corrected chi connectivity index (χ1v) is 4.54. The summed E-state index contributed by atoms with van der Waals surface area (Å²) >= 11 is 1.79. The van der Waals surface area contributed by atoms with Crippen molar-refractivity contribution in [3.63, 3.8) is 0 Å². The van der Waals surface area contributed by atoms with Crippen LogP contribution in [0.15, 0.2) is 29.6 Å². The first-order valence-electron chi connectivity index (χ1n) is 3.66. The van der Waals surface area contributed by atoms with Gasteiger partial charge in [0.05, 0.1) is 0 Å². The normalized spacial score (nSPS) is 10.6. The van der Waals surface area contributed by atoms with Crippen molar-refractivity contribution >= 4 is 21.4 Å². The molecule has 0 aliphatic carbocycles. The van der Waals surface area contributed by atoms with E-state index in [0.29, 0.717) is 0 Å². The molecule has 0 atom stereocenters. The van der Waals surface area contributed by atoms with E-state index in [0.717, 1.165) is 6.42 Å². The van der Waals surface area contributed by atoms with Gasteiger partial charge in [-0.1, -0.05) is 12.1 Å². The lowest BCUT2D eigenvalue weighted by atomic mass is 10.1. The van der Waals surface area contributed by atoms with Crippen molar-refractivity contribution in [1.29, 1.82) is 0 Å². The highest BCUT2D eigenvalue weighted by Gasteiger charge is 1.97. The Kier molecular flexibility index (Phi) is 1.66. The third-order valence-corrected chi connectivity index (χ3v) is 2.74. The van der Waals surface area contributed by atoms with Crippen molar-refractivity contribution in [3.05, 3.63) is 42.1 Å². The number of thiophene rings is 1. The van der Waals surface area contributed by atoms with Crippen LogP contribution in [0.1, 0.15) is 5.56 Å². The van der Waals surface area contributed by atoms with Crippen LogP contribution in [-0.4, -0.2) is 0 Å². The van der Waals surface area contributed by atoms with Gasteiger partial charge in [-0.05, 0) is 41.8 Å². The van der Waals surface area contributed by atoms with E-state index in [1.165, 1.54) is 15.6 Å². The van der Waals surface area contributed by atoms with E-state index >= 15 is 0 Å². The van der Waals surface area contributed by atoms with Gasteiger partial charge in [-0.2, -0.15) is 0 Å². The zero-order valence-corrected chi connectivity index (χ0v) is 7.03. The van der Waals surface area contributed by atoms with E-state index in [2.05, 4.69) is 36.6 Å². The standard InChI is InChI=1S/C10H9S/c1-2-8-4-3-5-10-9(8)6-7-11-10/h3-7H,1-2H2. The third-order valence-electron chi connectivity index (χ3n) is 1.86.